The zero-order valence-corrected chi connectivity index (χ0v) is 12.5. The van der Waals surface area contributed by atoms with Crippen LogP contribution in [-0.2, 0) is 14.6 Å². The van der Waals surface area contributed by atoms with Gasteiger partial charge in [0.1, 0.15) is 5.56 Å². The highest BCUT2D eigenvalue weighted by Crippen LogP contribution is 2.28. The topological polar surface area (TPSA) is 77.7 Å². The SMILES string of the molecule is COC(=O)c1cccn2cc(C3CCCS(=O)(=O)C3)nc12. The fourth-order valence-corrected chi connectivity index (χ4v) is 4.48. The van der Waals surface area contributed by atoms with Gasteiger partial charge in [-0.1, -0.05) is 0 Å². The molecule has 7 heteroatoms. The molecule has 1 atom stereocenters. The highest BCUT2D eigenvalue weighted by atomic mass is 32.2. The molecule has 1 saturated heterocycles. The zero-order valence-electron chi connectivity index (χ0n) is 11.7. The van der Waals surface area contributed by atoms with E-state index >= 15 is 0 Å². The van der Waals surface area contributed by atoms with Crippen LogP contribution in [0.15, 0.2) is 24.5 Å². The number of hydrogen-bond donors (Lipinski definition) is 0. The van der Waals surface area contributed by atoms with Gasteiger partial charge in [0.2, 0.25) is 0 Å². The van der Waals surface area contributed by atoms with E-state index in [1.54, 1.807) is 28.9 Å². The second-order valence-electron chi connectivity index (χ2n) is 5.26. The lowest BCUT2D eigenvalue weighted by Gasteiger charge is -2.19. The van der Waals surface area contributed by atoms with Gasteiger partial charge in [-0.25, -0.2) is 18.2 Å². The number of sulfone groups is 1. The Morgan fingerprint density at radius 1 is 1.48 bits per heavy atom. The zero-order chi connectivity index (χ0) is 15.0. The van der Waals surface area contributed by atoms with Crippen LogP contribution in [0.25, 0.3) is 5.65 Å². The summed E-state index contributed by atoms with van der Waals surface area (Å²) in [5, 5.41) is 0. The molecule has 2 aromatic rings. The summed E-state index contributed by atoms with van der Waals surface area (Å²) >= 11 is 0. The quantitative estimate of drug-likeness (QED) is 0.784. The summed E-state index contributed by atoms with van der Waals surface area (Å²) in [5.41, 5.74) is 1.60. The van der Waals surface area contributed by atoms with Crippen molar-refractivity contribution in [1.82, 2.24) is 9.38 Å². The average molecular weight is 308 g/mol. The van der Waals surface area contributed by atoms with Gasteiger partial charge in [-0.3, -0.25) is 0 Å². The summed E-state index contributed by atoms with van der Waals surface area (Å²) in [5.74, 6) is -0.169. The lowest BCUT2D eigenvalue weighted by atomic mass is 10.0. The number of esters is 1. The van der Waals surface area contributed by atoms with Crippen LogP contribution in [0.2, 0.25) is 0 Å². The van der Waals surface area contributed by atoms with Crippen molar-refractivity contribution in [2.45, 2.75) is 18.8 Å². The molecule has 1 unspecified atom stereocenters. The Balaban J connectivity index is 2.03. The van der Waals surface area contributed by atoms with Crippen molar-refractivity contribution < 1.29 is 17.9 Å². The normalized spacial score (nSPS) is 21.3. The van der Waals surface area contributed by atoms with Crippen molar-refractivity contribution in [1.29, 1.82) is 0 Å². The molecule has 0 bridgehead atoms. The molecular weight excluding hydrogens is 292 g/mol. The lowest BCUT2D eigenvalue weighted by molar-refractivity contribution is 0.0602. The fourth-order valence-electron chi connectivity index (χ4n) is 2.75. The van der Waals surface area contributed by atoms with Crippen molar-refractivity contribution in [3.8, 4) is 0 Å². The average Bonchev–Trinajstić information content (AvgIpc) is 2.89. The maximum Gasteiger partial charge on any atom is 0.341 e. The maximum absolute atomic E-state index is 11.8. The number of carbonyl (C=O) groups excluding carboxylic acids is 1. The number of carbonyl (C=O) groups is 1. The minimum absolute atomic E-state index is 0.103. The van der Waals surface area contributed by atoms with E-state index in [1.165, 1.54) is 7.11 Å². The third-order valence-corrected chi connectivity index (χ3v) is 5.61. The van der Waals surface area contributed by atoms with Gasteiger partial charge in [0.15, 0.2) is 15.5 Å². The van der Waals surface area contributed by atoms with Gasteiger partial charge in [-0.05, 0) is 25.0 Å². The molecule has 0 spiro atoms. The van der Waals surface area contributed by atoms with Gasteiger partial charge >= 0.3 is 5.97 Å². The van der Waals surface area contributed by atoms with Gasteiger partial charge in [0.05, 0.1) is 24.3 Å². The van der Waals surface area contributed by atoms with E-state index in [2.05, 4.69) is 4.98 Å². The van der Waals surface area contributed by atoms with Gasteiger partial charge in [-0.2, -0.15) is 0 Å². The van der Waals surface area contributed by atoms with E-state index < -0.39 is 15.8 Å². The molecule has 3 heterocycles. The number of ether oxygens (including phenoxy) is 1. The molecule has 0 aromatic carbocycles. The molecule has 112 valence electrons. The first-order valence-electron chi connectivity index (χ1n) is 6.76. The smallest absolute Gasteiger partial charge is 0.341 e. The highest BCUT2D eigenvalue weighted by molar-refractivity contribution is 7.91. The van der Waals surface area contributed by atoms with Crippen LogP contribution in [0.1, 0.15) is 34.8 Å². The van der Waals surface area contributed by atoms with Crippen LogP contribution in [0.4, 0.5) is 0 Å². The molecule has 0 amide bonds. The largest absolute Gasteiger partial charge is 0.465 e. The van der Waals surface area contributed by atoms with Gasteiger partial charge < -0.3 is 9.14 Å². The first kappa shape index (κ1) is 14.1. The summed E-state index contributed by atoms with van der Waals surface area (Å²) in [4.78, 5) is 16.2. The Bertz CT molecular complexity index is 794. The first-order valence-corrected chi connectivity index (χ1v) is 8.58. The number of pyridine rings is 1. The third kappa shape index (κ3) is 2.65. The first-order chi connectivity index (χ1) is 10.00. The molecule has 21 heavy (non-hydrogen) atoms. The van der Waals surface area contributed by atoms with Crippen molar-refractivity contribution in [2.75, 3.05) is 18.6 Å². The fraction of sp³-hybridized carbons (Fsp3) is 0.429. The number of rotatable bonds is 2. The molecule has 3 rings (SSSR count). The number of fused-ring (bicyclic) bond motifs is 1. The van der Waals surface area contributed by atoms with Crippen molar-refractivity contribution >= 4 is 21.5 Å². The Hall–Kier alpha value is -1.89. The molecular formula is C14H16N2O4S. The summed E-state index contributed by atoms with van der Waals surface area (Å²) in [6.07, 6.45) is 5.05. The molecule has 6 nitrogen and oxygen atoms in total. The Kier molecular flexibility index (Phi) is 3.44. The van der Waals surface area contributed by atoms with Crippen molar-refractivity contribution in [3.05, 3.63) is 35.8 Å². The maximum atomic E-state index is 11.8. The number of aromatic nitrogens is 2. The molecule has 2 aromatic heterocycles. The summed E-state index contributed by atoms with van der Waals surface area (Å²) in [6, 6.07) is 3.39. The van der Waals surface area contributed by atoms with Crippen LogP contribution < -0.4 is 0 Å². The Morgan fingerprint density at radius 3 is 3.00 bits per heavy atom. The third-order valence-electron chi connectivity index (χ3n) is 3.79. The molecule has 0 saturated carbocycles. The summed E-state index contributed by atoms with van der Waals surface area (Å²) in [7, 11) is -1.67. The van der Waals surface area contributed by atoms with E-state index in [4.69, 9.17) is 4.74 Å². The van der Waals surface area contributed by atoms with E-state index in [0.717, 1.165) is 12.1 Å². The van der Waals surface area contributed by atoms with Gasteiger partial charge in [0.25, 0.3) is 0 Å². The monoisotopic (exact) mass is 308 g/mol. The van der Waals surface area contributed by atoms with Crippen molar-refractivity contribution in [3.63, 3.8) is 0 Å². The second-order valence-corrected chi connectivity index (χ2v) is 7.49. The number of methoxy groups -OCH3 is 1. The molecule has 1 aliphatic heterocycles. The van der Waals surface area contributed by atoms with Crippen molar-refractivity contribution in [2.24, 2.45) is 0 Å². The minimum atomic E-state index is -2.99. The van der Waals surface area contributed by atoms with Crippen LogP contribution in [0, 0.1) is 0 Å². The summed E-state index contributed by atoms with van der Waals surface area (Å²) in [6.45, 7) is 0. The number of hydrogen-bond acceptors (Lipinski definition) is 5. The van der Waals surface area contributed by atoms with Gasteiger partial charge in [-0.15, -0.1) is 0 Å². The van der Waals surface area contributed by atoms with E-state index in [1.807, 2.05) is 0 Å². The lowest BCUT2D eigenvalue weighted by Crippen LogP contribution is -2.23. The number of imidazole rings is 1. The highest BCUT2D eigenvalue weighted by Gasteiger charge is 2.28. The van der Waals surface area contributed by atoms with Crippen LogP contribution in [0.5, 0.6) is 0 Å². The number of nitrogens with zero attached hydrogens (tertiary/aromatic N) is 2. The molecule has 1 aliphatic rings. The Labute approximate surface area is 122 Å². The van der Waals surface area contributed by atoms with Gasteiger partial charge in [0, 0.05) is 18.3 Å². The van der Waals surface area contributed by atoms with E-state index in [9.17, 15) is 13.2 Å². The molecule has 0 N–H and O–H groups in total. The van der Waals surface area contributed by atoms with Crippen LogP contribution >= 0.6 is 0 Å². The summed E-state index contributed by atoms with van der Waals surface area (Å²) < 4.78 is 30.0. The van der Waals surface area contributed by atoms with Crippen LogP contribution in [-0.4, -0.2) is 42.4 Å². The van der Waals surface area contributed by atoms with E-state index in [-0.39, 0.29) is 17.4 Å². The molecule has 0 radical (unpaired) electrons. The van der Waals surface area contributed by atoms with Crippen LogP contribution in [0.3, 0.4) is 0 Å². The molecule has 1 fully saturated rings. The minimum Gasteiger partial charge on any atom is -0.465 e. The second kappa shape index (κ2) is 5.14. The predicted molar refractivity (Wildman–Crippen MR) is 77.2 cm³/mol. The van der Waals surface area contributed by atoms with E-state index in [0.29, 0.717) is 17.6 Å². The Morgan fingerprint density at radius 2 is 2.29 bits per heavy atom. The predicted octanol–water partition coefficient (Wildman–Crippen LogP) is 1.41. The molecule has 0 aliphatic carbocycles. The standard InChI is InChI=1S/C14H16N2O4S/c1-20-14(17)11-5-2-6-16-8-12(15-13(11)16)10-4-3-7-21(18,19)9-10/h2,5-6,8,10H,3-4,7,9H2,1H3.